The van der Waals surface area contributed by atoms with Gasteiger partial charge in [-0.25, -0.2) is 4.39 Å². The van der Waals surface area contributed by atoms with E-state index < -0.39 is 12.1 Å². The highest BCUT2D eigenvalue weighted by Gasteiger charge is 2.40. The van der Waals surface area contributed by atoms with Gasteiger partial charge >= 0.3 is 0 Å². The molecule has 3 aromatic rings. The van der Waals surface area contributed by atoms with Crippen molar-refractivity contribution in [1.82, 2.24) is 15.5 Å². The summed E-state index contributed by atoms with van der Waals surface area (Å²) in [6.45, 7) is 6.09. The molecule has 3 aliphatic rings. The minimum atomic E-state index is -0.845. The number of piperidine rings is 1. The molecule has 216 valence electrons. The maximum atomic E-state index is 15.8. The van der Waals surface area contributed by atoms with Crippen molar-refractivity contribution in [3.8, 4) is 16.5 Å². The van der Waals surface area contributed by atoms with Crippen LogP contribution < -0.4 is 10.6 Å². The Hall–Kier alpha value is -2.83. The number of benzene rings is 2. The molecule has 2 aromatic carbocycles. The smallest absolute Gasteiger partial charge is 0.251 e. The summed E-state index contributed by atoms with van der Waals surface area (Å²) in [4.78, 5) is 16.4. The summed E-state index contributed by atoms with van der Waals surface area (Å²) in [5.41, 5.74) is 4.82. The van der Waals surface area contributed by atoms with Crippen LogP contribution in [0.3, 0.4) is 0 Å². The maximum absolute atomic E-state index is 15.8. The zero-order valence-corrected chi connectivity index (χ0v) is 24.8. The van der Waals surface area contributed by atoms with Crippen LogP contribution in [0.4, 0.5) is 4.39 Å². The third kappa shape index (κ3) is 5.78. The summed E-state index contributed by atoms with van der Waals surface area (Å²) >= 11 is 1.47. The van der Waals surface area contributed by atoms with Crippen molar-refractivity contribution >= 4 is 27.3 Å². The Bertz CT molecular complexity index is 1470. The van der Waals surface area contributed by atoms with Gasteiger partial charge in [-0.1, -0.05) is 31.2 Å². The Labute approximate surface area is 245 Å². The molecule has 1 spiro atoms. The van der Waals surface area contributed by atoms with Gasteiger partial charge in [0.05, 0.1) is 17.4 Å². The van der Waals surface area contributed by atoms with Crippen LogP contribution in [0.25, 0.3) is 20.5 Å². The maximum Gasteiger partial charge on any atom is 0.251 e. The predicted molar refractivity (Wildman–Crippen MR) is 162 cm³/mol. The Morgan fingerprint density at radius 3 is 2.90 bits per heavy atom. The molecule has 2 aliphatic heterocycles. The second-order valence-electron chi connectivity index (χ2n) is 12.3. The van der Waals surface area contributed by atoms with Crippen LogP contribution in [0.15, 0.2) is 36.4 Å². The summed E-state index contributed by atoms with van der Waals surface area (Å²) < 4.78 is 22.2. The van der Waals surface area contributed by atoms with Gasteiger partial charge in [0, 0.05) is 17.8 Å². The number of likely N-dealkylation sites (tertiary alicyclic amines) is 1. The topological polar surface area (TPSA) is 77.4 Å². The number of ether oxygens (including phenoxy) is 1. The van der Waals surface area contributed by atoms with E-state index in [0.717, 1.165) is 48.3 Å². The summed E-state index contributed by atoms with van der Waals surface area (Å²) in [5, 5.41) is 16.7. The van der Waals surface area contributed by atoms with E-state index in [9.17, 15) is 10.1 Å². The van der Waals surface area contributed by atoms with Gasteiger partial charge in [-0.15, -0.1) is 11.3 Å². The average molecular weight is 575 g/mol. The molecule has 8 heteroatoms. The second kappa shape index (κ2) is 11.8. The molecule has 0 unspecified atom stereocenters. The van der Waals surface area contributed by atoms with E-state index in [4.69, 9.17) is 4.74 Å². The van der Waals surface area contributed by atoms with Crippen LogP contribution in [-0.4, -0.2) is 62.8 Å². The number of thiophene rings is 1. The fourth-order valence-corrected chi connectivity index (χ4v) is 7.83. The molecule has 0 bridgehead atoms. The number of halogens is 1. The fourth-order valence-electron chi connectivity index (χ4n) is 6.71. The highest BCUT2D eigenvalue weighted by atomic mass is 32.1. The van der Waals surface area contributed by atoms with Crippen LogP contribution >= 0.6 is 11.3 Å². The number of hydrogen-bond acceptors (Lipinski definition) is 6. The molecule has 2 saturated heterocycles. The van der Waals surface area contributed by atoms with E-state index in [1.165, 1.54) is 41.7 Å². The SMILES string of the molecule is C[C@@H]1CCNC[C@@H](C(=O)N[C@H](C#N)Cc2ccc3cc(-c4ccc5c(c4)C4(CC5)CCN(C)CC4)sc3c2F)OC1. The van der Waals surface area contributed by atoms with Gasteiger partial charge in [-0.05, 0) is 110 Å². The van der Waals surface area contributed by atoms with E-state index in [2.05, 4.69) is 59.8 Å². The lowest BCUT2D eigenvalue weighted by atomic mass is 9.73. The minimum absolute atomic E-state index is 0.101. The first kappa shape index (κ1) is 28.3. The molecule has 0 radical (unpaired) electrons. The highest BCUT2D eigenvalue weighted by Crippen LogP contribution is 2.48. The van der Waals surface area contributed by atoms with Crippen molar-refractivity contribution < 1.29 is 13.9 Å². The average Bonchev–Trinajstić information content (AvgIpc) is 3.56. The number of nitrogens with zero attached hydrogens (tertiary/aromatic N) is 2. The number of rotatable bonds is 5. The molecule has 6 rings (SSSR count). The van der Waals surface area contributed by atoms with Crippen molar-refractivity contribution in [3.63, 3.8) is 0 Å². The van der Waals surface area contributed by atoms with Gasteiger partial charge in [0.25, 0.3) is 5.91 Å². The van der Waals surface area contributed by atoms with Crippen LogP contribution in [0, 0.1) is 23.1 Å². The molecule has 0 saturated carbocycles. The lowest BCUT2D eigenvalue weighted by Gasteiger charge is -2.38. The molecule has 3 heterocycles. The third-order valence-corrected chi connectivity index (χ3v) is 10.6. The first-order valence-corrected chi connectivity index (χ1v) is 15.7. The third-order valence-electron chi connectivity index (χ3n) is 9.40. The number of nitrogens with one attached hydrogen (secondary N) is 2. The van der Waals surface area contributed by atoms with E-state index in [-0.39, 0.29) is 23.6 Å². The Morgan fingerprint density at radius 2 is 2.10 bits per heavy atom. The van der Waals surface area contributed by atoms with Gasteiger partial charge in [-0.2, -0.15) is 5.26 Å². The number of nitriles is 1. The predicted octanol–water partition coefficient (Wildman–Crippen LogP) is 5.18. The lowest BCUT2D eigenvalue weighted by Crippen LogP contribution is -2.48. The van der Waals surface area contributed by atoms with Gasteiger partial charge in [-0.3, -0.25) is 4.79 Å². The standard InChI is InChI=1S/C33H39FN4O2S/c1-21-8-12-36-19-28(40-20-21)32(39)37-26(18-35)15-24-5-6-25-17-29(41-31(25)30(24)34)23-4-3-22-7-9-33(27(22)16-23)10-13-38(2)14-11-33/h3-6,16-17,21,26,28,36H,7-15,19-20H2,1-2H3,(H,37,39)/t21-,26+,28+/m1/s1. The number of carbonyl (C=O) groups excluding carboxylic acids is 1. The van der Waals surface area contributed by atoms with E-state index in [0.29, 0.717) is 29.3 Å². The van der Waals surface area contributed by atoms with Crippen molar-refractivity contribution in [2.75, 3.05) is 39.8 Å². The monoisotopic (exact) mass is 574 g/mol. The van der Waals surface area contributed by atoms with Crippen molar-refractivity contribution in [1.29, 1.82) is 5.26 Å². The van der Waals surface area contributed by atoms with Gasteiger partial charge < -0.3 is 20.3 Å². The molecule has 1 aliphatic carbocycles. The molecule has 1 aromatic heterocycles. The van der Waals surface area contributed by atoms with E-state index in [1.807, 2.05) is 6.07 Å². The first-order valence-electron chi connectivity index (χ1n) is 14.9. The summed E-state index contributed by atoms with van der Waals surface area (Å²) in [7, 11) is 2.21. The van der Waals surface area contributed by atoms with Crippen LogP contribution in [0.2, 0.25) is 0 Å². The number of aryl methyl sites for hydroxylation is 1. The molecule has 2 N–H and O–H groups in total. The van der Waals surface area contributed by atoms with Gasteiger partial charge in [0.15, 0.2) is 0 Å². The van der Waals surface area contributed by atoms with Crippen molar-refractivity contribution in [2.24, 2.45) is 5.92 Å². The molecule has 3 atom stereocenters. The highest BCUT2D eigenvalue weighted by molar-refractivity contribution is 7.22. The van der Waals surface area contributed by atoms with Gasteiger partial charge in [0.2, 0.25) is 0 Å². The molecule has 1 amide bonds. The summed E-state index contributed by atoms with van der Waals surface area (Å²) in [6, 6.07) is 13.9. The zero-order valence-electron chi connectivity index (χ0n) is 24.0. The normalized spacial score (nSPS) is 23.5. The Morgan fingerprint density at radius 1 is 1.27 bits per heavy atom. The zero-order chi connectivity index (χ0) is 28.6. The number of hydrogen-bond donors (Lipinski definition) is 2. The van der Waals surface area contributed by atoms with E-state index >= 15 is 4.39 Å². The fraction of sp³-hybridized carbons (Fsp3) is 0.515. The summed E-state index contributed by atoms with van der Waals surface area (Å²) in [6.07, 6.45) is 5.19. The minimum Gasteiger partial charge on any atom is -0.367 e. The Balaban J connectivity index is 1.20. The number of fused-ring (bicyclic) bond motifs is 3. The van der Waals surface area contributed by atoms with Crippen LogP contribution in [0.5, 0.6) is 0 Å². The van der Waals surface area contributed by atoms with E-state index in [1.54, 1.807) is 6.07 Å². The summed E-state index contributed by atoms with van der Waals surface area (Å²) in [5.74, 6) is -0.287. The molecular formula is C33H39FN4O2S. The van der Waals surface area contributed by atoms with Crippen LogP contribution in [-0.2, 0) is 27.8 Å². The molecule has 41 heavy (non-hydrogen) atoms. The van der Waals surface area contributed by atoms with Crippen LogP contribution in [0.1, 0.15) is 49.3 Å². The number of carbonyl (C=O) groups is 1. The molecule has 2 fully saturated rings. The molecular weight excluding hydrogens is 535 g/mol. The first-order chi connectivity index (χ1) is 19.8. The Kier molecular flexibility index (Phi) is 8.15. The molecule has 6 nitrogen and oxygen atoms in total. The number of amides is 1. The largest absolute Gasteiger partial charge is 0.367 e. The van der Waals surface area contributed by atoms with Crippen molar-refractivity contribution in [2.45, 2.75) is 63.0 Å². The quantitative estimate of drug-likeness (QED) is 0.439. The van der Waals surface area contributed by atoms with Gasteiger partial charge in [0.1, 0.15) is 18.0 Å². The lowest BCUT2D eigenvalue weighted by molar-refractivity contribution is -0.134. The second-order valence-corrected chi connectivity index (χ2v) is 13.4. The van der Waals surface area contributed by atoms with Crippen molar-refractivity contribution in [3.05, 3.63) is 58.9 Å².